The lowest BCUT2D eigenvalue weighted by atomic mass is 10.1. The summed E-state index contributed by atoms with van der Waals surface area (Å²) in [5.74, 6) is 0.758. The average Bonchev–Trinajstić information content (AvgIpc) is 3.18. The van der Waals surface area contributed by atoms with Crippen LogP contribution in [0.1, 0.15) is 17.3 Å². The quantitative estimate of drug-likeness (QED) is 0.870. The Morgan fingerprint density at radius 2 is 1.93 bits per heavy atom. The molecular formula is C20H22ClN3O3. The second-order valence-corrected chi connectivity index (χ2v) is 6.99. The van der Waals surface area contributed by atoms with Crippen molar-refractivity contribution in [3.8, 4) is 11.5 Å². The number of piperazine rings is 1. The molecule has 2 aliphatic heterocycles. The lowest BCUT2D eigenvalue weighted by Gasteiger charge is -2.36. The summed E-state index contributed by atoms with van der Waals surface area (Å²) in [6, 6.07) is 11.2. The molecule has 0 unspecified atom stereocenters. The van der Waals surface area contributed by atoms with Gasteiger partial charge in [-0.1, -0.05) is 30.7 Å². The van der Waals surface area contributed by atoms with E-state index in [-0.39, 0.29) is 12.7 Å². The zero-order chi connectivity index (χ0) is 18.8. The molecule has 2 aromatic carbocycles. The van der Waals surface area contributed by atoms with Gasteiger partial charge in [-0.05, 0) is 30.8 Å². The number of carbonyl (C=O) groups is 1. The molecular weight excluding hydrogens is 366 g/mol. The van der Waals surface area contributed by atoms with Gasteiger partial charge in [-0.25, -0.2) is 0 Å². The lowest BCUT2D eigenvalue weighted by Crippen LogP contribution is -2.46. The van der Waals surface area contributed by atoms with E-state index in [1.54, 1.807) is 12.1 Å². The number of nitrogens with zero attached hydrogens (tertiary/aromatic N) is 2. The van der Waals surface area contributed by atoms with Crippen molar-refractivity contribution in [1.82, 2.24) is 4.90 Å². The summed E-state index contributed by atoms with van der Waals surface area (Å²) in [6.45, 7) is 7.30. The Kier molecular flexibility index (Phi) is 5.09. The first kappa shape index (κ1) is 17.9. The number of amides is 1. The molecule has 6 nitrogen and oxygen atoms in total. The normalized spacial score (nSPS) is 16.4. The van der Waals surface area contributed by atoms with Crippen LogP contribution in [0.25, 0.3) is 0 Å². The number of likely N-dealkylation sites (N-methyl/N-ethyl adjacent to an activating group) is 1. The third kappa shape index (κ3) is 3.68. The monoisotopic (exact) mass is 387 g/mol. The van der Waals surface area contributed by atoms with Gasteiger partial charge in [0.25, 0.3) is 5.91 Å². The van der Waals surface area contributed by atoms with Crippen molar-refractivity contribution in [3.05, 3.63) is 47.0 Å². The Bertz CT molecular complexity index is 850. The van der Waals surface area contributed by atoms with Crippen molar-refractivity contribution in [1.29, 1.82) is 0 Å². The third-order valence-electron chi connectivity index (χ3n) is 5.00. The molecule has 0 atom stereocenters. The number of hydrogen-bond acceptors (Lipinski definition) is 5. The van der Waals surface area contributed by atoms with Gasteiger partial charge in [-0.2, -0.15) is 0 Å². The molecule has 2 heterocycles. The lowest BCUT2D eigenvalue weighted by molar-refractivity contribution is 0.102. The second kappa shape index (κ2) is 7.66. The van der Waals surface area contributed by atoms with Crippen LogP contribution >= 0.6 is 11.6 Å². The fourth-order valence-electron chi connectivity index (χ4n) is 3.45. The van der Waals surface area contributed by atoms with E-state index in [0.717, 1.165) is 44.1 Å². The van der Waals surface area contributed by atoms with E-state index in [1.807, 2.05) is 24.3 Å². The largest absolute Gasteiger partial charge is 0.454 e. The minimum Gasteiger partial charge on any atom is -0.454 e. The molecule has 0 aliphatic carbocycles. The highest BCUT2D eigenvalue weighted by atomic mass is 35.5. The van der Waals surface area contributed by atoms with Crippen LogP contribution in [-0.4, -0.2) is 50.3 Å². The van der Waals surface area contributed by atoms with Crippen LogP contribution in [0.5, 0.6) is 11.5 Å². The highest BCUT2D eigenvalue weighted by molar-refractivity contribution is 6.33. The van der Waals surface area contributed by atoms with Crippen LogP contribution in [0.2, 0.25) is 5.02 Å². The van der Waals surface area contributed by atoms with Gasteiger partial charge in [0.05, 0.1) is 16.4 Å². The van der Waals surface area contributed by atoms with Crippen molar-refractivity contribution in [2.75, 3.05) is 49.7 Å². The van der Waals surface area contributed by atoms with Crippen molar-refractivity contribution in [3.63, 3.8) is 0 Å². The Morgan fingerprint density at radius 3 is 2.70 bits per heavy atom. The van der Waals surface area contributed by atoms with Crippen LogP contribution in [0, 0.1) is 0 Å². The molecule has 1 fully saturated rings. The molecule has 27 heavy (non-hydrogen) atoms. The topological polar surface area (TPSA) is 54.0 Å². The molecule has 0 saturated carbocycles. The van der Waals surface area contributed by atoms with E-state index in [4.69, 9.17) is 21.1 Å². The van der Waals surface area contributed by atoms with Crippen molar-refractivity contribution in [2.45, 2.75) is 6.92 Å². The summed E-state index contributed by atoms with van der Waals surface area (Å²) in [6.07, 6.45) is 0. The van der Waals surface area contributed by atoms with Gasteiger partial charge in [0.15, 0.2) is 11.5 Å². The first-order valence-corrected chi connectivity index (χ1v) is 9.50. The van der Waals surface area contributed by atoms with Crippen LogP contribution in [0.3, 0.4) is 0 Å². The van der Waals surface area contributed by atoms with Gasteiger partial charge >= 0.3 is 0 Å². The number of para-hydroxylation sites is 2. The Hall–Kier alpha value is -2.44. The van der Waals surface area contributed by atoms with Crippen LogP contribution < -0.4 is 19.7 Å². The third-order valence-corrected chi connectivity index (χ3v) is 5.28. The van der Waals surface area contributed by atoms with E-state index in [2.05, 4.69) is 22.0 Å². The van der Waals surface area contributed by atoms with Gasteiger partial charge < -0.3 is 24.6 Å². The van der Waals surface area contributed by atoms with Gasteiger partial charge in [-0.3, -0.25) is 4.79 Å². The number of halogens is 1. The molecule has 1 amide bonds. The van der Waals surface area contributed by atoms with Gasteiger partial charge in [0, 0.05) is 31.7 Å². The van der Waals surface area contributed by atoms with Gasteiger partial charge in [0.1, 0.15) is 0 Å². The average molecular weight is 388 g/mol. The molecule has 0 bridgehead atoms. The maximum Gasteiger partial charge on any atom is 0.255 e. The van der Waals surface area contributed by atoms with Crippen LogP contribution in [0.4, 0.5) is 11.4 Å². The Morgan fingerprint density at radius 1 is 1.15 bits per heavy atom. The molecule has 2 aromatic rings. The number of benzene rings is 2. The molecule has 2 aliphatic rings. The summed E-state index contributed by atoms with van der Waals surface area (Å²) in [7, 11) is 0. The Balaban J connectivity index is 1.53. The molecule has 0 radical (unpaired) electrons. The predicted octanol–water partition coefficient (Wildman–Crippen LogP) is 3.46. The van der Waals surface area contributed by atoms with E-state index in [9.17, 15) is 4.79 Å². The first-order valence-electron chi connectivity index (χ1n) is 9.12. The highest BCUT2D eigenvalue weighted by Crippen LogP contribution is 2.40. The summed E-state index contributed by atoms with van der Waals surface area (Å²) >= 11 is 6.20. The molecule has 1 N–H and O–H groups in total. The van der Waals surface area contributed by atoms with Crippen molar-refractivity contribution in [2.24, 2.45) is 0 Å². The number of anilines is 2. The maximum atomic E-state index is 12.8. The Labute approximate surface area is 163 Å². The zero-order valence-electron chi connectivity index (χ0n) is 15.2. The van der Waals surface area contributed by atoms with Crippen LogP contribution in [0.15, 0.2) is 36.4 Å². The molecule has 0 aromatic heterocycles. The number of rotatable bonds is 4. The van der Waals surface area contributed by atoms with E-state index < -0.39 is 0 Å². The van der Waals surface area contributed by atoms with Crippen molar-refractivity contribution < 1.29 is 14.3 Å². The molecule has 142 valence electrons. The van der Waals surface area contributed by atoms with Crippen LogP contribution in [-0.2, 0) is 0 Å². The standard InChI is InChI=1S/C20H22ClN3O3/c1-2-23-7-9-24(10-8-23)17-6-4-3-5-16(17)22-20(25)14-11-15(21)19-18(12-14)26-13-27-19/h3-6,11-12H,2,7-10,13H2,1H3,(H,22,25). The van der Waals surface area contributed by atoms with Crippen molar-refractivity contribution >= 4 is 28.9 Å². The molecule has 1 saturated heterocycles. The van der Waals surface area contributed by atoms with Gasteiger partial charge in [0.2, 0.25) is 6.79 Å². The number of fused-ring (bicyclic) bond motifs is 1. The summed E-state index contributed by atoms with van der Waals surface area (Å²) in [5, 5.41) is 3.39. The summed E-state index contributed by atoms with van der Waals surface area (Å²) in [4.78, 5) is 17.5. The van der Waals surface area contributed by atoms with E-state index in [0.29, 0.717) is 22.1 Å². The number of hydrogen-bond donors (Lipinski definition) is 1. The fourth-order valence-corrected chi connectivity index (χ4v) is 3.72. The minimum absolute atomic E-state index is 0.118. The zero-order valence-corrected chi connectivity index (χ0v) is 16.0. The summed E-state index contributed by atoms with van der Waals surface area (Å²) < 4.78 is 10.7. The molecule has 7 heteroatoms. The molecule has 4 rings (SSSR count). The first-order chi connectivity index (χ1) is 13.2. The predicted molar refractivity (Wildman–Crippen MR) is 106 cm³/mol. The fraction of sp³-hybridized carbons (Fsp3) is 0.350. The smallest absolute Gasteiger partial charge is 0.255 e. The number of ether oxygens (including phenoxy) is 2. The summed E-state index contributed by atoms with van der Waals surface area (Å²) in [5.41, 5.74) is 2.27. The van der Waals surface area contributed by atoms with E-state index in [1.165, 1.54) is 0 Å². The minimum atomic E-state index is -0.227. The number of nitrogens with one attached hydrogen (secondary N) is 1. The van der Waals surface area contributed by atoms with E-state index >= 15 is 0 Å². The molecule has 0 spiro atoms. The van der Waals surface area contributed by atoms with Gasteiger partial charge in [-0.15, -0.1) is 0 Å². The second-order valence-electron chi connectivity index (χ2n) is 6.58. The SMILES string of the molecule is CCN1CCN(c2ccccc2NC(=O)c2cc(Cl)c3c(c2)OCO3)CC1. The highest BCUT2D eigenvalue weighted by Gasteiger charge is 2.22. The maximum absolute atomic E-state index is 12.8. The number of carbonyl (C=O) groups excluding carboxylic acids is 1.